The standard InChI is InChI=1S/C14H24N2O3/c1-16(11-13(17)15-8-5-9-19-2)14(18)10-12-6-3-4-7-12/h3,6,12H,4-5,7-11H2,1-2H3,(H,15,17)/t12-/m1/s1. The molecule has 0 aromatic carbocycles. The van der Waals surface area contributed by atoms with Crippen molar-refractivity contribution in [3.8, 4) is 0 Å². The molecule has 19 heavy (non-hydrogen) atoms. The lowest BCUT2D eigenvalue weighted by molar-refractivity contribution is -0.135. The summed E-state index contributed by atoms with van der Waals surface area (Å²) in [6.07, 6.45) is 7.60. The predicted molar refractivity (Wildman–Crippen MR) is 73.6 cm³/mol. The molecule has 1 aliphatic carbocycles. The van der Waals surface area contributed by atoms with Crippen LogP contribution in [0.15, 0.2) is 12.2 Å². The van der Waals surface area contributed by atoms with Crippen LogP contribution in [0.2, 0.25) is 0 Å². The van der Waals surface area contributed by atoms with Crippen molar-refractivity contribution in [3.63, 3.8) is 0 Å². The smallest absolute Gasteiger partial charge is 0.239 e. The molecule has 5 heteroatoms. The van der Waals surface area contributed by atoms with Gasteiger partial charge in [-0.1, -0.05) is 12.2 Å². The summed E-state index contributed by atoms with van der Waals surface area (Å²) in [5.74, 6) is 0.261. The molecular formula is C14H24N2O3. The Kier molecular flexibility index (Phi) is 7.18. The Morgan fingerprint density at radius 2 is 2.26 bits per heavy atom. The van der Waals surface area contributed by atoms with Crippen LogP contribution in [0.5, 0.6) is 0 Å². The minimum atomic E-state index is -0.117. The number of hydrogen-bond donors (Lipinski definition) is 1. The van der Waals surface area contributed by atoms with E-state index >= 15 is 0 Å². The third kappa shape index (κ3) is 6.38. The van der Waals surface area contributed by atoms with Crippen LogP contribution in [-0.4, -0.2) is 50.6 Å². The first kappa shape index (κ1) is 15.7. The highest BCUT2D eigenvalue weighted by Crippen LogP contribution is 2.20. The number of allylic oxidation sites excluding steroid dienone is 2. The first-order chi connectivity index (χ1) is 9.13. The van der Waals surface area contributed by atoms with Gasteiger partial charge >= 0.3 is 0 Å². The van der Waals surface area contributed by atoms with E-state index in [1.165, 1.54) is 4.90 Å². The van der Waals surface area contributed by atoms with Crippen molar-refractivity contribution < 1.29 is 14.3 Å². The van der Waals surface area contributed by atoms with Gasteiger partial charge in [-0.05, 0) is 25.2 Å². The van der Waals surface area contributed by atoms with Crippen LogP contribution in [0.4, 0.5) is 0 Å². The maximum atomic E-state index is 11.9. The van der Waals surface area contributed by atoms with Gasteiger partial charge < -0.3 is 15.0 Å². The van der Waals surface area contributed by atoms with Crippen LogP contribution in [0.3, 0.4) is 0 Å². The molecule has 0 radical (unpaired) electrons. The maximum absolute atomic E-state index is 11.9. The minimum absolute atomic E-state index is 0.0311. The van der Waals surface area contributed by atoms with E-state index in [0.717, 1.165) is 19.3 Å². The molecule has 0 saturated carbocycles. The van der Waals surface area contributed by atoms with Gasteiger partial charge in [0.25, 0.3) is 0 Å². The SMILES string of the molecule is COCCCNC(=O)CN(C)C(=O)C[C@@H]1C=CCC1. The van der Waals surface area contributed by atoms with Crippen molar-refractivity contribution in [1.82, 2.24) is 10.2 Å². The summed E-state index contributed by atoms with van der Waals surface area (Å²) in [6, 6.07) is 0. The third-order valence-corrected chi connectivity index (χ3v) is 3.20. The predicted octanol–water partition coefficient (Wildman–Crippen LogP) is 0.954. The van der Waals surface area contributed by atoms with Crippen molar-refractivity contribution in [2.75, 3.05) is 33.9 Å². The average Bonchev–Trinajstić information content (AvgIpc) is 2.87. The summed E-state index contributed by atoms with van der Waals surface area (Å²) in [6.45, 7) is 1.34. The Balaban J connectivity index is 2.17. The maximum Gasteiger partial charge on any atom is 0.239 e. The van der Waals surface area contributed by atoms with Crippen molar-refractivity contribution in [3.05, 3.63) is 12.2 Å². The van der Waals surface area contributed by atoms with Crippen LogP contribution >= 0.6 is 0 Å². The summed E-state index contributed by atoms with van der Waals surface area (Å²) >= 11 is 0. The second-order valence-corrected chi connectivity index (χ2v) is 4.92. The van der Waals surface area contributed by atoms with E-state index in [4.69, 9.17) is 4.74 Å². The molecule has 1 N–H and O–H groups in total. The number of nitrogens with one attached hydrogen (secondary N) is 1. The van der Waals surface area contributed by atoms with Gasteiger partial charge in [-0.2, -0.15) is 0 Å². The second kappa shape index (κ2) is 8.69. The van der Waals surface area contributed by atoms with Gasteiger partial charge in [0.05, 0.1) is 6.54 Å². The molecule has 0 fully saturated rings. The molecule has 1 aliphatic rings. The Labute approximate surface area is 115 Å². The lowest BCUT2D eigenvalue weighted by Crippen LogP contribution is -2.39. The summed E-state index contributed by atoms with van der Waals surface area (Å²) < 4.78 is 4.90. The van der Waals surface area contributed by atoms with Gasteiger partial charge in [-0.25, -0.2) is 0 Å². The van der Waals surface area contributed by atoms with Gasteiger partial charge in [0.2, 0.25) is 11.8 Å². The molecule has 0 bridgehead atoms. The number of ether oxygens (including phenoxy) is 1. The summed E-state index contributed by atoms with van der Waals surface area (Å²) in [5.41, 5.74) is 0. The average molecular weight is 268 g/mol. The number of amides is 2. The van der Waals surface area contributed by atoms with Crippen molar-refractivity contribution in [1.29, 1.82) is 0 Å². The summed E-state index contributed by atoms with van der Waals surface area (Å²) in [7, 11) is 3.31. The molecule has 2 amide bonds. The fourth-order valence-corrected chi connectivity index (χ4v) is 2.05. The number of likely N-dealkylation sites (N-methyl/N-ethyl adjacent to an activating group) is 1. The van der Waals surface area contributed by atoms with Gasteiger partial charge in [0, 0.05) is 33.7 Å². The van der Waals surface area contributed by atoms with E-state index < -0.39 is 0 Å². The Hall–Kier alpha value is -1.36. The molecule has 0 heterocycles. The zero-order valence-electron chi connectivity index (χ0n) is 11.9. The zero-order valence-corrected chi connectivity index (χ0v) is 11.9. The normalized spacial score (nSPS) is 17.5. The summed E-state index contributed by atoms with van der Waals surface area (Å²) in [5, 5.41) is 2.77. The molecule has 0 saturated heterocycles. The highest BCUT2D eigenvalue weighted by molar-refractivity contribution is 5.84. The molecule has 108 valence electrons. The van der Waals surface area contributed by atoms with Crippen LogP contribution in [0.25, 0.3) is 0 Å². The minimum Gasteiger partial charge on any atom is -0.385 e. The molecule has 0 aromatic rings. The molecule has 5 nitrogen and oxygen atoms in total. The van der Waals surface area contributed by atoms with Gasteiger partial charge in [0.15, 0.2) is 0 Å². The van der Waals surface area contributed by atoms with Crippen molar-refractivity contribution in [2.24, 2.45) is 5.92 Å². The Bertz CT molecular complexity index is 329. The molecule has 1 rings (SSSR count). The number of carbonyl (C=O) groups is 2. The number of carbonyl (C=O) groups excluding carboxylic acids is 2. The Morgan fingerprint density at radius 1 is 1.47 bits per heavy atom. The largest absolute Gasteiger partial charge is 0.385 e. The molecule has 0 aliphatic heterocycles. The molecule has 0 unspecified atom stereocenters. The first-order valence-corrected chi connectivity index (χ1v) is 6.79. The third-order valence-electron chi connectivity index (χ3n) is 3.20. The molecule has 0 spiro atoms. The second-order valence-electron chi connectivity index (χ2n) is 4.92. The number of rotatable bonds is 8. The fraction of sp³-hybridized carbons (Fsp3) is 0.714. The number of hydrogen-bond acceptors (Lipinski definition) is 3. The van der Waals surface area contributed by atoms with Crippen molar-refractivity contribution in [2.45, 2.75) is 25.7 Å². The quantitative estimate of drug-likeness (QED) is 0.527. The van der Waals surface area contributed by atoms with Crippen LogP contribution in [0, 0.1) is 5.92 Å². The molecular weight excluding hydrogens is 244 g/mol. The highest BCUT2D eigenvalue weighted by atomic mass is 16.5. The molecule has 0 aromatic heterocycles. The van der Waals surface area contributed by atoms with E-state index in [0.29, 0.717) is 25.5 Å². The first-order valence-electron chi connectivity index (χ1n) is 6.79. The zero-order chi connectivity index (χ0) is 14.1. The van der Waals surface area contributed by atoms with Crippen LogP contribution in [0.1, 0.15) is 25.7 Å². The van der Waals surface area contributed by atoms with Crippen LogP contribution in [-0.2, 0) is 14.3 Å². The van der Waals surface area contributed by atoms with E-state index in [2.05, 4.69) is 17.5 Å². The Morgan fingerprint density at radius 3 is 2.89 bits per heavy atom. The van der Waals surface area contributed by atoms with Crippen molar-refractivity contribution >= 4 is 11.8 Å². The number of nitrogens with zero attached hydrogens (tertiary/aromatic N) is 1. The van der Waals surface area contributed by atoms with Gasteiger partial charge in [0.1, 0.15) is 0 Å². The van der Waals surface area contributed by atoms with Gasteiger partial charge in [-0.15, -0.1) is 0 Å². The van der Waals surface area contributed by atoms with Gasteiger partial charge in [-0.3, -0.25) is 9.59 Å². The van der Waals surface area contributed by atoms with Crippen LogP contribution < -0.4 is 5.32 Å². The van der Waals surface area contributed by atoms with E-state index in [9.17, 15) is 9.59 Å². The lowest BCUT2D eigenvalue weighted by atomic mass is 10.0. The summed E-state index contributed by atoms with van der Waals surface area (Å²) in [4.78, 5) is 25.0. The molecule has 1 atom stereocenters. The monoisotopic (exact) mass is 268 g/mol. The topological polar surface area (TPSA) is 58.6 Å². The lowest BCUT2D eigenvalue weighted by Gasteiger charge is -2.18. The number of methoxy groups -OCH3 is 1. The fourth-order valence-electron chi connectivity index (χ4n) is 2.05. The van der Waals surface area contributed by atoms with E-state index in [1.807, 2.05) is 0 Å². The van der Waals surface area contributed by atoms with E-state index in [1.54, 1.807) is 14.2 Å². The van der Waals surface area contributed by atoms with E-state index in [-0.39, 0.29) is 18.4 Å². The highest BCUT2D eigenvalue weighted by Gasteiger charge is 2.18.